The van der Waals surface area contributed by atoms with Crippen LogP contribution in [0.2, 0.25) is 0 Å². The van der Waals surface area contributed by atoms with Crippen LogP contribution in [-0.4, -0.2) is 36.4 Å². The zero-order valence-electron chi connectivity index (χ0n) is 11.1. The number of carbonyl (C=O) groups is 1. The van der Waals surface area contributed by atoms with Crippen LogP contribution in [-0.2, 0) is 4.74 Å². The Labute approximate surface area is 107 Å². The first-order valence-electron chi connectivity index (χ1n) is 5.81. The third-order valence-electron chi connectivity index (χ3n) is 2.63. The first-order valence-corrected chi connectivity index (χ1v) is 5.81. The number of nitrogens with one attached hydrogen (secondary N) is 1. The molecule has 0 spiro atoms. The standard InChI is InChI=1S/C12H20N4O2/c1-12(2,6-7-18-3)8-14-11(17)9-4-5-10(13)16-15-9/h4-5H,6-8H2,1-3H3,(H2,13,16)(H,14,17). The van der Waals surface area contributed by atoms with Crippen LogP contribution >= 0.6 is 0 Å². The predicted octanol–water partition coefficient (Wildman–Crippen LogP) is 0.851. The highest BCUT2D eigenvalue weighted by atomic mass is 16.5. The van der Waals surface area contributed by atoms with Gasteiger partial charge >= 0.3 is 0 Å². The number of ether oxygens (including phenoxy) is 1. The van der Waals surface area contributed by atoms with E-state index < -0.39 is 0 Å². The normalized spacial score (nSPS) is 11.3. The van der Waals surface area contributed by atoms with Crippen molar-refractivity contribution in [1.29, 1.82) is 0 Å². The Kier molecular flexibility index (Phi) is 5.03. The van der Waals surface area contributed by atoms with Gasteiger partial charge in [0.05, 0.1) is 0 Å². The molecule has 1 rings (SSSR count). The number of rotatable bonds is 6. The number of anilines is 1. The lowest BCUT2D eigenvalue weighted by Gasteiger charge is -2.24. The van der Waals surface area contributed by atoms with Crippen LogP contribution in [0.15, 0.2) is 12.1 Å². The molecule has 18 heavy (non-hydrogen) atoms. The van der Waals surface area contributed by atoms with Crippen molar-refractivity contribution in [3.63, 3.8) is 0 Å². The maximum Gasteiger partial charge on any atom is 0.271 e. The second kappa shape index (κ2) is 6.30. The molecule has 100 valence electrons. The topological polar surface area (TPSA) is 90.1 Å². The average molecular weight is 252 g/mol. The monoisotopic (exact) mass is 252 g/mol. The van der Waals surface area contributed by atoms with Gasteiger partial charge in [-0.3, -0.25) is 4.79 Å². The number of amides is 1. The largest absolute Gasteiger partial charge is 0.385 e. The van der Waals surface area contributed by atoms with Gasteiger partial charge in [0, 0.05) is 20.3 Å². The van der Waals surface area contributed by atoms with Crippen molar-refractivity contribution in [2.45, 2.75) is 20.3 Å². The van der Waals surface area contributed by atoms with Crippen LogP contribution in [0.1, 0.15) is 30.8 Å². The molecule has 1 aromatic rings. The van der Waals surface area contributed by atoms with Crippen molar-refractivity contribution in [2.75, 3.05) is 26.0 Å². The van der Waals surface area contributed by atoms with Crippen LogP contribution < -0.4 is 11.1 Å². The van der Waals surface area contributed by atoms with E-state index in [1.54, 1.807) is 19.2 Å². The van der Waals surface area contributed by atoms with E-state index in [1.165, 1.54) is 0 Å². The number of aromatic nitrogens is 2. The molecule has 0 saturated heterocycles. The Morgan fingerprint density at radius 3 is 2.72 bits per heavy atom. The lowest BCUT2D eigenvalue weighted by atomic mass is 9.89. The fourth-order valence-corrected chi connectivity index (χ4v) is 1.34. The molecule has 0 radical (unpaired) electrons. The third-order valence-corrected chi connectivity index (χ3v) is 2.63. The number of nitrogen functional groups attached to an aromatic ring is 1. The summed E-state index contributed by atoms with van der Waals surface area (Å²) in [7, 11) is 1.67. The molecule has 0 fully saturated rings. The maximum absolute atomic E-state index is 11.8. The molecule has 0 unspecified atom stereocenters. The fourth-order valence-electron chi connectivity index (χ4n) is 1.34. The summed E-state index contributed by atoms with van der Waals surface area (Å²) in [6, 6.07) is 3.11. The summed E-state index contributed by atoms with van der Waals surface area (Å²) in [5.41, 5.74) is 5.65. The summed E-state index contributed by atoms with van der Waals surface area (Å²) in [4.78, 5) is 11.8. The Morgan fingerprint density at radius 2 is 2.17 bits per heavy atom. The summed E-state index contributed by atoms with van der Waals surface area (Å²) in [5, 5.41) is 10.2. The molecule has 1 amide bonds. The smallest absolute Gasteiger partial charge is 0.271 e. The van der Waals surface area contributed by atoms with Crippen LogP contribution in [0.25, 0.3) is 0 Å². The van der Waals surface area contributed by atoms with Crippen molar-refractivity contribution >= 4 is 11.7 Å². The van der Waals surface area contributed by atoms with E-state index in [0.717, 1.165) is 6.42 Å². The van der Waals surface area contributed by atoms with Gasteiger partial charge in [0.15, 0.2) is 5.69 Å². The Balaban J connectivity index is 2.48. The number of hydrogen-bond acceptors (Lipinski definition) is 5. The van der Waals surface area contributed by atoms with E-state index >= 15 is 0 Å². The van der Waals surface area contributed by atoms with Gasteiger partial charge in [-0.05, 0) is 24.0 Å². The Hall–Kier alpha value is -1.69. The van der Waals surface area contributed by atoms with Crippen molar-refractivity contribution in [3.05, 3.63) is 17.8 Å². The van der Waals surface area contributed by atoms with Gasteiger partial charge in [-0.1, -0.05) is 13.8 Å². The predicted molar refractivity (Wildman–Crippen MR) is 69.1 cm³/mol. The van der Waals surface area contributed by atoms with E-state index in [0.29, 0.717) is 19.0 Å². The molecule has 6 nitrogen and oxygen atoms in total. The van der Waals surface area contributed by atoms with Crippen LogP contribution in [0.5, 0.6) is 0 Å². The van der Waals surface area contributed by atoms with Gasteiger partial charge in [0.2, 0.25) is 0 Å². The number of nitrogens with two attached hydrogens (primary N) is 1. The number of carbonyl (C=O) groups excluding carboxylic acids is 1. The maximum atomic E-state index is 11.8. The van der Waals surface area contributed by atoms with Gasteiger partial charge in [0.25, 0.3) is 5.91 Å². The fraction of sp³-hybridized carbons (Fsp3) is 0.583. The van der Waals surface area contributed by atoms with E-state index in [9.17, 15) is 4.79 Å². The lowest BCUT2D eigenvalue weighted by Crippen LogP contribution is -2.35. The number of hydrogen-bond donors (Lipinski definition) is 2. The molecule has 0 aliphatic heterocycles. The van der Waals surface area contributed by atoms with Gasteiger partial charge < -0.3 is 15.8 Å². The molecule has 3 N–H and O–H groups in total. The molecule has 0 aromatic carbocycles. The molecule has 1 heterocycles. The summed E-state index contributed by atoms with van der Waals surface area (Å²) < 4.78 is 5.03. The molecule has 6 heteroatoms. The molecule has 1 aromatic heterocycles. The van der Waals surface area contributed by atoms with Crippen molar-refractivity contribution in [3.8, 4) is 0 Å². The third kappa shape index (κ3) is 4.67. The molecule has 0 saturated carbocycles. The molecule has 0 atom stereocenters. The lowest BCUT2D eigenvalue weighted by molar-refractivity contribution is 0.0915. The zero-order valence-corrected chi connectivity index (χ0v) is 11.1. The number of methoxy groups -OCH3 is 1. The van der Waals surface area contributed by atoms with E-state index in [1.807, 2.05) is 0 Å². The first kappa shape index (κ1) is 14.4. The van der Waals surface area contributed by atoms with Gasteiger partial charge in [-0.15, -0.1) is 10.2 Å². The van der Waals surface area contributed by atoms with E-state index in [4.69, 9.17) is 10.5 Å². The van der Waals surface area contributed by atoms with Gasteiger partial charge in [-0.25, -0.2) is 0 Å². The minimum Gasteiger partial charge on any atom is -0.385 e. The van der Waals surface area contributed by atoms with E-state index in [-0.39, 0.29) is 17.0 Å². The highest BCUT2D eigenvalue weighted by Crippen LogP contribution is 2.18. The zero-order chi connectivity index (χ0) is 13.6. The second-order valence-corrected chi connectivity index (χ2v) is 4.93. The molecular formula is C12H20N4O2. The summed E-state index contributed by atoms with van der Waals surface area (Å²) >= 11 is 0. The molecule has 0 aliphatic carbocycles. The minimum absolute atomic E-state index is 0.0209. The Bertz CT molecular complexity index is 390. The van der Waals surface area contributed by atoms with Crippen molar-refractivity contribution < 1.29 is 9.53 Å². The second-order valence-electron chi connectivity index (χ2n) is 4.93. The summed E-state index contributed by atoms with van der Waals surface area (Å²) in [6.07, 6.45) is 0.872. The van der Waals surface area contributed by atoms with Crippen molar-refractivity contribution in [2.24, 2.45) is 5.41 Å². The minimum atomic E-state index is -0.243. The van der Waals surface area contributed by atoms with Crippen LogP contribution in [0, 0.1) is 5.41 Å². The summed E-state index contributed by atoms with van der Waals surface area (Å²) in [5.74, 6) is 0.0555. The Morgan fingerprint density at radius 1 is 1.44 bits per heavy atom. The number of nitrogens with zero attached hydrogens (tertiary/aromatic N) is 2. The van der Waals surface area contributed by atoms with Crippen LogP contribution in [0.3, 0.4) is 0 Å². The molecule has 0 bridgehead atoms. The van der Waals surface area contributed by atoms with Crippen molar-refractivity contribution in [1.82, 2.24) is 15.5 Å². The van der Waals surface area contributed by atoms with Gasteiger partial charge in [-0.2, -0.15) is 0 Å². The highest BCUT2D eigenvalue weighted by molar-refractivity contribution is 5.92. The molecule has 0 aliphatic rings. The average Bonchev–Trinajstić information content (AvgIpc) is 2.35. The van der Waals surface area contributed by atoms with E-state index in [2.05, 4.69) is 29.4 Å². The molecular weight excluding hydrogens is 232 g/mol. The highest BCUT2D eigenvalue weighted by Gasteiger charge is 2.19. The first-order chi connectivity index (χ1) is 8.44. The quantitative estimate of drug-likeness (QED) is 0.783. The van der Waals surface area contributed by atoms with Gasteiger partial charge in [0.1, 0.15) is 5.82 Å². The SMILES string of the molecule is COCCC(C)(C)CNC(=O)c1ccc(N)nn1. The van der Waals surface area contributed by atoms with Crippen LogP contribution in [0.4, 0.5) is 5.82 Å². The summed E-state index contributed by atoms with van der Waals surface area (Å²) in [6.45, 7) is 5.37.